The Morgan fingerprint density at radius 3 is 2.50 bits per heavy atom. The number of nitrogens with two attached hydrogens (primary N) is 1. The van der Waals surface area contributed by atoms with Crippen LogP contribution in [0.1, 0.15) is 51.9 Å². The fourth-order valence-corrected chi connectivity index (χ4v) is 2.31. The van der Waals surface area contributed by atoms with Crippen LogP contribution in [0.5, 0.6) is 0 Å². The molecule has 0 aromatic heterocycles. The molecule has 1 amide bonds. The lowest BCUT2D eigenvalue weighted by atomic mass is 9.66. The lowest BCUT2D eigenvalue weighted by Crippen LogP contribution is -2.42. The monoisotopic (exact) mass is 226 g/mol. The van der Waals surface area contributed by atoms with Crippen LogP contribution in [0.4, 0.5) is 0 Å². The topological polar surface area (TPSA) is 46.3 Å². The molecule has 1 fully saturated rings. The van der Waals surface area contributed by atoms with E-state index in [0.717, 1.165) is 25.8 Å². The molecule has 0 heterocycles. The largest absolute Gasteiger partial charge is 0.346 e. The minimum atomic E-state index is 0.149. The zero-order valence-corrected chi connectivity index (χ0v) is 10.8. The summed E-state index contributed by atoms with van der Waals surface area (Å²) in [7, 11) is 1.92. The van der Waals surface area contributed by atoms with E-state index in [9.17, 15) is 4.79 Å². The zero-order chi connectivity index (χ0) is 12.0. The Labute approximate surface area is 99.4 Å². The van der Waals surface area contributed by atoms with Crippen LogP contribution >= 0.6 is 0 Å². The molecule has 0 aliphatic heterocycles. The number of nitrogens with zero attached hydrogens (tertiary/aromatic N) is 1. The van der Waals surface area contributed by atoms with E-state index in [-0.39, 0.29) is 11.3 Å². The number of hydrogen-bond acceptors (Lipinski definition) is 2. The third-order valence-electron chi connectivity index (χ3n) is 3.90. The molecule has 1 rings (SSSR count). The summed E-state index contributed by atoms with van der Waals surface area (Å²) < 4.78 is 0. The summed E-state index contributed by atoms with van der Waals surface area (Å²) in [5.74, 6) is 0.279. The number of unbranched alkanes of at least 4 members (excludes halogenated alkanes) is 2. The van der Waals surface area contributed by atoms with E-state index in [1.807, 2.05) is 11.9 Å². The van der Waals surface area contributed by atoms with Crippen molar-refractivity contribution in [3.8, 4) is 0 Å². The van der Waals surface area contributed by atoms with Gasteiger partial charge in [-0.25, -0.2) is 0 Å². The minimum Gasteiger partial charge on any atom is -0.346 e. The first-order valence-corrected chi connectivity index (χ1v) is 6.57. The van der Waals surface area contributed by atoms with Crippen molar-refractivity contribution in [3.63, 3.8) is 0 Å². The summed E-state index contributed by atoms with van der Waals surface area (Å²) in [6.07, 6.45) is 7.70. The normalized spacial score (nSPS) is 17.9. The van der Waals surface area contributed by atoms with E-state index >= 15 is 0 Å². The fraction of sp³-hybridized carbons (Fsp3) is 0.923. The minimum absolute atomic E-state index is 0.149. The van der Waals surface area contributed by atoms with Gasteiger partial charge in [0.1, 0.15) is 0 Å². The van der Waals surface area contributed by atoms with Gasteiger partial charge >= 0.3 is 0 Å². The Kier molecular flexibility index (Phi) is 5.26. The molecule has 0 radical (unpaired) electrons. The van der Waals surface area contributed by atoms with E-state index in [1.165, 1.54) is 19.3 Å². The van der Waals surface area contributed by atoms with Gasteiger partial charge in [-0.2, -0.15) is 0 Å². The SMILES string of the molecule is CCCCCN(C)C(=O)CC1(CN)CCC1. The highest BCUT2D eigenvalue weighted by Gasteiger charge is 2.38. The van der Waals surface area contributed by atoms with Gasteiger partial charge in [-0.1, -0.05) is 26.2 Å². The molecule has 0 unspecified atom stereocenters. The molecule has 2 N–H and O–H groups in total. The van der Waals surface area contributed by atoms with Crippen molar-refractivity contribution in [2.24, 2.45) is 11.1 Å². The molecule has 0 atom stereocenters. The summed E-state index contributed by atoms with van der Waals surface area (Å²) in [5, 5.41) is 0. The number of carbonyl (C=O) groups excluding carboxylic acids is 1. The van der Waals surface area contributed by atoms with Crippen molar-refractivity contribution in [1.82, 2.24) is 4.90 Å². The van der Waals surface area contributed by atoms with Crippen LogP contribution in [0.25, 0.3) is 0 Å². The third kappa shape index (κ3) is 3.48. The summed E-state index contributed by atoms with van der Waals surface area (Å²) in [6, 6.07) is 0. The molecule has 1 aliphatic carbocycles. The second kappa shape index (κ2) is 6.24. The summed E-state index contributed by atoms with van der Waals surface area (Å²) in [5.41, 5.74) is 5.92. The molecule has 94 valence electrons. The molecule has 1 saturated carbocycles. The molecule has 3 nitrogen and oxygen atoms in total. The van der Waals surface area contributed by atoms with Crippen molar-refractivity contribution in [3.05, 3.63) is 0 Å². The second-order valence-electron chi connectivity index (χ2n) is 5.26. The quantitative estimate of drug-likeness (QED) is 0.676. The average molecular weight is 226 g/mol. The summed E-state index contributed by atoms with van der Waals surface area (Å²) in [4.78, 5) is 13.9. The summed E-state index contributed by atoms with van der Waals surface area (Å²) in [6.45, 7) is 3.74. The van der Waals surface area contributed by atoms with Crippen LogP contribution < -0.4 is 5.73 Å². The highest BCUT2D eigenvalue weighted by Crippen LogP contribution is 2.43. The maximum Gasteiger partial charge on any atom is 0.222 e. The Balaban J connectivity index is 2.27. The van der Waals surface area contributed by atoms with Crippen LogP contribution in [0, 0.1) is 5.41 Å². The Morgan fingerprint density at radius 2 is 2.06 bits per heavy atom. The lowest BCUT2D eigenvalue weighted by Gasteiger charge is -2.41. The number of carbonyl (C=O) groups is 1. The Hall–Kier alpha value is -0.570. The molecule has 0 saturated heterocycles. The standard InChI is InChI=1S/C13H26N2O/c1-3-4-5-9-15(2)12(16)10-13(11-14)7-6-8-13/h3-11,14H2,1-2H3. The number of amides is 1. The first kappa shape index (κ1) is 13.5. The highest BCUT2D eigenvalue weighted by molar-refractivity contribution is 5.76. The van der Waals surface area contributed by atoms with Gasteiger partial charge in [0.2, 0.25) is 5.91 Å². The van der Waals surface area contributed by atoms with Crippen LogP contribution in [0.2, 0.25) is 0 Å². The zero-order valence-electron chi connectivity index (χ0n) is 10.8. The Morgan fingerprint density at radius 1 is 1.38 bits per heavy atom. The maximum absolute atomic E-state index is 12.0. The van der Waals surface area contributed by atoms with Crippen LogP contribution in [0.3, 0.4) is 0 Å². The van der Waals surface area contributed by atoms with E-state index in [4.69, 9.17) is 5.73 Å². The van der Waals surface area contributed by atoms with Crippen molar-refractivity contribution >= 4 is 5.91 Å². The molecule has 16 heavy (non-hydrogen) atoms. The lowest BCUT2D eigenvalue weighted by molar-refractivity contribution is -0.133. The average Bonchev–Trinajstić information content (AvgIpc) is 2.23. The van der Waals surface area contributed by atoms with E-state index in [0.29, 0.717) is 13.0 Å². The molecule has 3 heteroatoms. The molecule has 0 bridgehead atoms. The van der Waals surface area contributed by atoms with E-state index in [2.05, 4.69) is 6.92 Å². The number of hydrogen-bond donors (Lipinski definition) is 1. The van der Waals surface area contributed by atoms with Crippen LogP contribution in [-0.4, -0.2) is 30.9 Å². The van der Waals surface area contributed by atoms with Gasteiger partial charge in [-0.15, -0.1) is 0 Å². The van der Waals surface area contributed by atoms with Crippen molar-refractivity contribution in [1.29, 1.82) is 0 Å². The van der Waals surface area contributed by atoms with Gasteiger partial charge in [0.25, 0.3) is 0 Å². The third-order valence-corrected chi connectivity index (χ3v) is 3.90. The predicted molar refractivity (Wildman–Crippen MR) is 67.1 cm³/mol. The maximum atomic E-state index is 12.0. The molecule has 0 aromatic carbocycles. The molecule has 0 aromatic rings. The second-order valence-corrected chi connectivity index (χ2v) is 5.26. The first-order chi connectivity index (χ1) is 7.63. The van der Waals surface area contributed by atoms with Gasteiger partial charge < -0.3 is 10.6 Å². The predicted octanol–water partition coefficient (Wildman–Crippen LogP) is 2.15. The molecular weight excluding hydrogens is 200 g/mol. The van der Waals surface area contributed by atoms with Crippen molar-refractivity contribution in [2.75, 3.05) is 20.1 Å². The van der Waals surface area contributed by atoms with Crippen molar-refractivity contribution in [2.45, 2.75) is 51.9 Å². The van der Waals surface area contributed by atoms with E-state index < -0.39 is 0 Å². The van der Waals surface area contributed by atoms with Crippen LogP contribution in [0.15, 0.2) is 0 Å². The smallest absolute Gasteiger partial charge is 0.222 e. The fourth-order valence-electron chi connectivity index (χ4n) is 2.31. The number of rotatable bonds is 7. The molecule has 0 spiro atoms. The van der Waals surface area contributed by atoms with Gasteiger partial charge in [0, 0.05) is 20.0 Å². The molecule has 1 aliphatic rings. The van der Waals surface area contributed by atoms with E-state index in [1.54, 1.807) is 0 Å². The van der Waals surface area contributed by atoms with Gasteiger partial charge in [-0.3, -0.25) is 4.79 Å². The van der Waals surface area contributed by atoms with Gasteiger partial charge in [-0.05, 0) is 31.2 Å². The van der Waals surface area contributed by atoms with Crippen molar-refractivity contribution < 1.29 is 4.79 Å². The van der Waals surface area contributed by atoms with Gasteiger partial charge in [0.05, 0.1) is 0 Å². The Bertz CT molecular complexity index is 218. The molecular formula is C13H26N2O. The van der Waals surface area contributed by atoms with Crippen LogP contribution in [-0.2, 0) is 4.79 Å². The van der Waals surface area contributed by atoms with Gasteiger partial charge in [0.15, 0.2) is 0 Å². The highest BCUT2D eigenvalue weighted by atomic mass is 16.2. The first-order valence-electron chi connectivity index (χ1n) is 6.57. The summed E-state index contributed by atoms with van der Waals surface area (Å²) >= 11 is 0.